The Balaban J connectivity index is 1.75. The number of hydrogen-bond acceptors (Lipinski definition) is 5. The number of hydrogen-bond donors (Lipinski definition) is 2. The molecule has 2 aromatic heterocycles. The first-order chi connectivity index (χ1) is 8.74. The van der Waals surface area contributed by atoms with Gasteiger partial charge in [-0.1, -0.05) is 0 Å². The van der Waals surface area contributed by atoms with Crippen LogP contribution in [0.4, 0.5) is 5.82 Å². The Labute approximate surface area is 106 Å². The fourth-order valence-corrected chi connectivity index (χ4v) is 2.45. The number of aromatic nitrogens is 4. The summed E-state index contributed by atoms with van der Waals surface area (Å²) in [6.45, 7) is 6.69. The van der Waals surface area contributed by atoms with Gasteiger partial charge < -0.3 is 5.32 Å². The van der Waals surface area contributed by atoms with Crippen molar-refractivity contribution in [2.24, 2.45) is 0 Å². The lowest BCUT2D eigenvalue weighted by Crippen LogP contribution is -2.31. The number of anilines is 1. The number of H-pyrrole nitrogens is 1. The topological polar surface area (TPSA) is 69.7 Å². The Morgan fingerprint density at radius 1 is 1.44 bits per heavy atom. The number of nitrogens with one attached hydrogen (secondary N) is 2. The van der Waals surface area contributed by atoms with Crippen LogP contribution in [0.2, 0.25) is 0 Å². The largest absolute Gasteiger partial charge is 0.365 e. The molecule has 0 radical (unpaired) electrons. The lowest BCUT2D eigenvalue weighted by molar-refractivity contribution is 0.274. The van der Waals surface area contributed by atoms with E-state index in [2.05, 4.69) is 44.2 Å². The van der Waals surface area contributed by atoms with E-state index in [0.717, 1.165) is 36.4 Å². The first-order valence-corrected chi connectivity index (χ1v) is 6.38. The first-order valence-electron chi connectivity index (χ1n) is 6.38. The van der Waals surface area contributed by atoms with Crippen molar-refractivity contribution in [3.63, 3.8) is 0 Å². The van der Waals surface area contributed by atoms with Gasteiger partial charge in [0.05, 0.1) is 11.6 Å². The summed E-state index contributed by atoms with van der Waals surface area (Å²) in [6, 6.07) is 1.07. The highest BCUT2D eigenvalue weighted by molar-refractivity contribution is 5.85. The van der Waals surface area contributed by atoms with Crippen LogP contribution >= 0.6 is 0 Å². The van der Waals surface area contributed by atoms with Crippen molar-refractivity contribution in [3.05, 3.63) is 12.5 Å². The van der Waals surface area contributed by atoms with Gasteiger partial charge in [0.25, 0.3) is 0 Å². The lowest BCUT2D eigenvalue weighted by Gasteiger charge is -2.20. The van der Waals surface area contributed by atoms with E-state index in [9.17, 15) is 0 Å². The molecule has 0 saturated carbocycles. The van der Waals surface area contributed by atoms with Crippen molar-refractivity contribution in [2.75, 3.05) is 18.4 Å². The molecule has 1 fully saturated rings. The Morgan fingerprint density at radius 3 is 3.11 bits per heavy atom. The van der Waals surface area contributed by atoms with Crippen molar-refractivity contribution in [3.8, 4) is 0 Å². The van der Waals surface area contributed by atoms with E-state index < -0.39 is 0 Å². The van der Waals surface area contributed by atoms with Gasteiger partial charge in [-0.15, -0.1) is 0 Å². The highest BCUT2D eigenvalue weighted by Gasteiger charge is 2.24. The monoisotopic (exact) mass is 246 g/mol. The van der Waals surface area contributed by atoms with Crippen LogP contribution in [0.3, 0.4) is 0 Å². The maximum Gasteiger partial charge on any atom is 0.160 e. The van der Waals surface area contributed by atoms with Gasteiger partial charge in [0.1, 0.15) is 12.1 Å². The van der Waals surface area contributed by atoms with E-state index in [1.165, 1.54) is 0 Å². The highest BCUT2D eigenvalue weighted by atomic mass is 15.2. The second-order valence-corrected chi connectivity index (χ2v) is 5.07. The molecule has 0 aliphatic carbocycles. The molecule has 96 valence electrons. The second kappa shape index (κ2) is 4.53. The molecule has 0 bridgehead atoms. The molecule has 2 aromatic rings. The summed E-state index contributed by atoms with van der Waals surface area (Å²) >= 11 is 0. The summed E-state index contributed by atoms with van der Waals surface area (Å²) in [5.41, 5.74) is 0.784. The first kappa shape index (κ1) is 11.4. The standard InChI is InChI=1S/C12H18N6/c1-8(2)18-4-3-9(6-18)16-11-10-5-15-17-12(10)14-7-13-11/h5,7-9H,3-4,6H2,1-2H3,(H2,13,14,15,16,17)/t9-/m0/s1. The number of fused-ring (bicyclic) bond motifs is 1. The third-order valence-corrected chi connectivity index (χ3v) is 3.54. The summed E-state index contributed by atoms with van der Waals surface area (Å²) in [6.07, 6.45) is 4.49. The zero-order valence-electron chi connectivity index (χ0n) is 10.7. The molecule has 3 heterocycles. The SMILES string of the molecule is CC(C)N1CC[C@H](Nc2ncnc3[nH]ncc23)C1. The zero-order valence-corrected chi connectivity index (χ0v) is 10.7. The van der Waals surface area contributed by atoms with E-state index in [0.29, 0.717) is 12.1 Å². The van der Waals surface area contributed by atoms with Crippen molar-refractivity contribution in [1.29, 1.82) is 0 Å². The average Bonchev–Trinajstić information content (AvgIpc) is 2.97. The Kier molecular flexibility index (Phi) is 2.87. The predicted octanol–water partition coefficient (Wildman–Crippen LogP) is 1.25. The molecular weight excluding hydrogens is 228 g/mol. The molecular formula is C12H18N6. The van der Waals surface area contributed by atoms with Gasteiger partial charge in [-0.25, -0.2) is 9.97 Å². The molecule has 1 aliphatic heterocycles. The average molecular weight is 246 g/mol. The lowest BCUT2D eigenvalue weighted by atomic mass is 10.2. The second-order valence-electron chi connectivity index (χ2n) is 5.07. The van der Waals surface area contributed by atoms with Gasteiger partial charge in [0.2, 0.25) is 0 Å². The van der Waals surface area contributed by atoms with Crippen LogP contribution in [0.1, 0.15) is 20.3 Å². The molecule has 0 unspecified atom stereocenters. The molecule has 2 N–H and O–H groups in total. The molecule has 0 amide bonds. The van der Waals surface area contributed by atoms with E-state index >= 15 is 0 Å². The van der Waals surface area contributed by atoms with Crippen LogP contribution in [-0.4, -0.2) is 50.2 Å². The Bertz CT molecular complexity index is 534. The molecule has 6 heteroatoms. The summed E-state index contributed by atoms with van der Waals surface area (Å²) in [5, 5.41) is 11.3. The number of rotatable bonds is 3. The molecule has 0 aromatic carbocycles. The highest BCUT2D eigenvalue weighted by Crippen LogP contribution is 2.21. The summed E-state index contributed by atoms with van der Waals surface area (Å²) < 4.78 is 0. The molecule has 6 nitrogen and oxygen atoms in total. The predicted molar refractivity (Wildman–Crippen MR) is 70.4 cm³/mol. The van der Waals surface area contributed by atoms with Crippen molar-refractivity contribution < 1.29 is 0 Å². The van der Waals surface area contributed by atoms with E-state index in [1.54, 1.807) is 12.5 Å². The van der Waals surface area contributed by atoms with Crippen LogP contribution in [0.15, 0.2) is 12.5 Å². The summed E-state index contributed by atoms with van der Waals surface area (Å²) in [7, 11) is 0. The van der Waals surface area contributed by atoms with Crippen LogP contribution in [-0.2, 0) is 0 Å². The maximum absolute atomic E-state index is 4.31. The van der Waals surface area contributed by atoms with Crippen LogP contribution in [0, 0.1) is 0 Å². The number of nitrogens with zero attached hydrogens (tertiary/aromatic N) is 4. The molecule has 1 atom stereocenters. The molecule has 18 heavy (non-hydrogen) atoms. The van der Waals surface area contributed by atoms with Crippen LogP contribution < -0.4 is 5.32 Å². The molecule has 1 aliphatic rings. The van der Waals surface area contributed by atoms with Gasteiger partial charge in [0.15, 0.2) is 5.65 Å². The Hall–Kier alpha value is -1.69. The van der Waals surface area contributed by atoms with Gasteiger partial charge >= 0.3 is 0 Å². The van der Waals surface area contributed by atoms with Crippen molar-refractivity contribution in [2.45, 2.75) is 32.4 Å². The minimum absolute atomic E-state index is 0.459. The Morgan fingerprint density at radius 2 is 2.33 bits per heavy atom. The van der Waals surface area contributed by atoms with E-state index in [1.807, 2.05) is 0 Å². The number of aromatic amines is 1. The van der Waals surface area contributed by atoms with Crippen LogP contribution in [0.5, 0.6) is 0 Å². The fraction of sp³-hybridized carbons (Fsp3) is 0.583. The normalized spacial score (nSPS) is 20.9. The molecule has 3 rings (SSSR count). The molecule has 0 spiro atoms. The smallest absolute Gasteiger partial charge is 0.160 e. The van der Waals surface area contributed by atoms with Gasteiger partial charge in [0, 0.05) is 25.2 Å². The van der Waals surface area contributed by atoms with Crippen molar-refractivity contribution in [1.82, 2.24) is 25.1 Å². The minimum Gasteiger partial charge on any atom is -0.365 e. The molecule has 1 saturated heterocycles. The van der Waals surface area contributed by atoms with E-state index in [4.69, 9.17) is 0 Å². The third-order valence-electron chi connectivity index (χ3n) is 3.54. The van der Waals surface area contributed by atoms with E-state index in [-0.39, 0.29) is 0 Å². The van der Waals surface area contributed by atoms with Gasteiger partial charge in [-0.3, -0.25) is 10.00 Å². The zero-order chi connectivity index (χ0) is 12.5. The van der Waals surface area contributed by atoms with Crippen LogP contribution in [0.25, 0.3) is 11.0 Å². The maximum atomic E-state index is 4.31. The fourth-order valence-electron chi connectivity index (χ4n) is 2.45. The van der Waals surface area contributed by atoms with Crippen molar-refractivity contribution >= 4 is 16.9 Å². The quantitative estimate of drug-likeness (QED) is 0.853. The third kappa shape index (κ3) is 2.03. The minimum atomic E-state index is 0.459. The van der Waals surface area contributed by atoms with Gasteiger partial charge in [-0.05, 0) is 20.3 Å². The summed E-state index contributed by atoms with van der Waals surface area (Å²) in [4.78, 5) is 10.9. The number of likely N-dealkylation sites (tertiary alicyclic amines) is 1. The summed E-state index contributed by atoms with van der Waals surface area (Å²) in [5.74, 6) is 0.879. The van der Waals surface area contributed by atoms with Gasteiger partial charge in [-0.2, -0.15) is 5.10 Å².